The Bertz CT molecular complexity index is 219. The number of likely N-dealkylation sites (N-methyl/N-ethyl adjacent to an activating group) is 1. The molecule has 5 heteroatoms. The van der Waals surface area contributed by atoms with Gasteiger partial charge in [-0.05, 0) is 7.05 Å². The second-order valence-electron chi connectivity index (χ2n) is 5.15. The Kier molecular flexibility index (Phi) is 5.18. The van der Waals surface area contributed by atoms with Crippen molar-refractivity contribution >= 4 is 0 Å². The average Bonchev–Trinajstić information content (AvgIpc) is 2.38. The number of piperazine rings is 1. The second-order valence-corrected chi connectivity index (χ2v) is 5.15. The molecule has 1 unspecified atom stereocenters. The molecule has 2 saturated heterocycles. The average molecular weight is 242 g/mol. The maximum absolute atomic E-state index is 5.78. The highest BCUT2D eigenvalue weighted by Crippen LogP contribution is 2.06. The molecule has 0 radical (unpaired) electrons. The van der Waals surface area contributed by atoms with Crippen LogP contribution in [0.1, 0.15) is 0 Å². The van der Waals surface area contributed by atoms with E-state index in [1.54, 1.807) is 0 Å². The van der Waals surface area contributed by atoms with E-state index in [-0.39, 0.29) is 0 Å². The summed E-state index contributed by atoms with van der Waals surface area (Å²) in [6.07, 6.45) is 0. The Morgan fingerprint density at radius 2 is 1.88 bits per heavy atom. The van der Waals surface area contributed by atoms with Gasteiger partial charge in [0.05, 0.1) is 13.2 Å². The summed E-state index contributed by atoms with van der Waals surface area (Å²) in [5.74, 6) is 0. The number of ether oxygens (including phenoxy) is 1. The van der Waals surface area contributed by atoms with Crippen molar-refractivity contribution in [2.75, 3.05) is 72.6 Å². The third-order valence-electron chi connectivity index (χ3n) is 3.92. The zero-order valence-corrected chi connectivity index (χ0v) is 11.0. The van der Waals surface area contributed by atoms with Gasteiger partial charge in [-0.25, -0.2) is 0 Å². The Hall–Kier alpha value is -0.200. The van der Waals surface area contributed by atoms with Gasteiger partial charge in [-0.3, -0.25) is 9.80 Å². The highest BCUT2D eigenvalue weighted by molar-refractivity contribution is 4.78. The van der Waals surface area contributed by atoms with E-state index in [4.69, 9.17) is 10.5 Å². The minimum atomic E-state index is 0.427. The molecule has 2 fully saturated rings. The predicted molar refractivity (Wildman–Crippen MR) is 69.2 cm³/mol. The number of morpholine rings is 1. The summed E-state index contributed by atoms with van der Waals surface area (Å²) < 4.78 is 5.47. The van der Waals surface area contributed by atoms with E-state index in [0.717, 1.165) is 26.3 Å². The Labute approximate surface area is 104 Å². The van der Waals surface area contributed by atoms with Crippen molar-refractivity contribution in [3.63, 3.8) is 0 Å². The highest BCUT2D eigenvalue weighted by Gasteiger charge is 2.22. The van der Waals surface area contributed by atoms with Crippen molar-refractivity contribution in [1.82, 2.24) is 14.7 Å². The largest absolute Gasteiger partial charge is 0.378 e. The van der Waals surface area contributed by atoms with Crippen molar-refractivity contribution in [1.29, 1.82) is 0 Å². The third kappa shape index (κ3) is 3.89. The van der Waals surface area contributed by atoms with Crippen molar-refractivity contribution in [3.8, 4) is 0 Å². The number of rotatable bonds is 4. The lowest BCUT2D eigenvalue weighted by Gasteiger charge is -2.38. The van der Waals surface area contributed by atoms with Gasteiger partial charge < -0.3 is 15.4 Å². The van der Waals surface area contributed by atoms with Crippen LogP contribution in [0.3, 0.4) is 0 Å². The Morgan fingerprint density at radius 1 is 1.12 bits per heavy atom. The molecule has 0 aliphatic carbocycles. The van der Waals surface area contributed by atoms with Crippen molar-refractivity contribution in [2.45, 2.75) is 6.04 Å². The summed E-state index contributed by atoms with van der Waals surface area (Å²) in [5.41, 5.74) is 5.78. The van der Waals surface area contributed by atoms with Crippen LogP contribution in [-0.4, -0.2) is 93.4 Å². The van der Waals surface area contributed by atoms with Gasteiger partial charge in [0.1, 0.15) is 0 Å². The summed E-state index contributed by atoms with van der Waals surface area (Å²) >= 11 is 0. The summed E-state index contributed by atoms with van der Waals surface area (Å²) in [6.45, 7) is 10.5. The number of hydrogen-bond donors (Lipinski definition) is 1. The fraction of sp³-hybridized carbons (Fsp3) is 1.00. The van der Waals surface area contributed by atoms with Gasteiger partial charge in [0.15, 0.2) is 0 Å². The zero-order chi connectivity index (χ0) is 12.1. The molecule has 0 amide bonds. The third-order valence-corrected chi connectivity index (χ3v) is 3.92. The fourth-order valence-electron chi connectivity index (χ4n) is 2.54. The van der Waals surface area contributed by atoms with Crippen LogP contribution in [0, 0.1) is 0 Å². The van der Waals surface area contributed by atoms with Gasteiger partial charge >= 0.3 is 0 Å². The molecular weight excluding hydrogens is 216 g/mol. The minimum absolute atomic E-state index is 0.427. The van der Waals surface area contributed by atoms with Gasteiger partial charge in [0, 0.05) is 58.4 Å². The van der Waals surface area contributed by atoms with E-state index in [2.05, 4.69) is 21.7 Å². The first-order chi connectivity index (χ1) is 8.29. The van der Waals surface area contributed by atoms with E-state index in [1.165, 1.54) is 32.7 Å². The van der Waals surface area contributed by atoms with Crippen LogP contribution in [0.4, 0.5) is 0 Å². The molecular formula is C12H26N4O. The van der Waals surface area contributed by atoms with E-state index < -0.39 is 0 Å². The molecule has 2 N–H and O–H groups in total. The highest BCUT2D eigenvalue weighted by atomic mass is 16.5. The van der Waals surface area contributed by atoms with Crippen LogP contribution in [0.25, 0.3) is 0 Å². The summed E-state index contributed by atoms with van der Waals surface area (Å²) in [6, 6.07) is 0.427. The molecule has 2 rings (SSSR count). The van der Waals surface area contributed by atoms with Gasteiger partial charge in [0.2, 0.25) is 0 Å². The van der Waals surface area contributed by atoms with E-state index in [9.17, 15) is 0 Å². The molecule has 100 valence electrons. The predicted octanol–water partition coefficient (Wildman–Crippen LogP) is -1.11. The molecule has 0 spiro atoms. The molecule has 0 aromatic carbocycles. The quantitative estimate of drug-likeness (QED) is 0.677. The molecule has 2 heterocycles. The van der Waals surface area contributed by atoms with Crippen LogP contribution in [0.15, 0.2) is 0 Å². The maximum atomic E-state index is 5.78. The van der Waals surface area contributed by atoms with Crippen LogP contribution in [0.2, 0.25) is 0 Å². The first kappa shape index (κ1) is 13.2. The van der Waals surface area contributed by atoms with Crippen LogP contribution in [-0.2, 0) is 4.74 Å². The van der Waals surface area contributed by atoms with E-state index in [1.807, 2.05) is 0 Å². The van der Waals surface area contributed by atoms with E-state index in [0.29, 0.717) is 12.6 Å². The van der Waals surface area contributed by atoms with Gasteiger partial charge in [-0.2, -0.15) is 0 Å². The van der Waals surface area contributed by atoms with Crippen molar-refractivity contribution in [2.24, 2.45) is 5.73 Å². The molecule has 2 aliphatic heterocycles. The smallest absolute Gasteiger partial charge is 0.0634 e. The second kappa shape index (κ2) is 6.66. The van der Waals surface area contributed by atoms with Gasteiger partial charge in [-0.1, -0.05) is 0 Å². The first-order valence-electron chi connectivity index (χ1n) is 6.72. The van der Waals surface area contributed by atoms with Crippen LogP contribution < -0.4 is 5.73 Å². The summed E-state index contributed by atoms with van der Waals surface area (Å²) in [5, 5.41) is 0. The fourth-order valence-corrected chi connectivity index (χ4v) is 2.54. The lowest BCUT2D eigenvalue weighted by Crippen LogP contribution is -2.53. The SMILES string of the molecule is CN1CCN(CCN2CCOCC2CN)CC1. The van der Waals surface area contributed by atoms with Crippen LogP contribution >= 0.6 is 0 Å². The lowest BCUT2D eigenvalue weighted by atomic mass is 10.2. The maximum Gasteiger partial charge on any atom is 0.0634 e. The van der Waals surface area contributed by atoms with Crippen molar-refractivity contribution < 1.29 is 4.74 Å². The number of nitrogens with zero attached hydrogens (tertiary/aromatic N) is 3. The van der Waals surface area contributed by atoms with Gasteiger partial charge in [-0.15, -0.1) is 0 Å². The van der Waals surface area contributed by atoms with Gasteiger partial charge in [0.25, 0.3) is 0 Å². The van der Waals surface area contributed by atoms with Crippen molar-refractivity contribution in [3.05, 3.63) is 0 Å². The Balaban J connectivity index is 1.69. The topological polar surface area (TPSA) is 45.0 Å². The molecule has 5 nitrogen and oxygen atoms in total. The number of nitrogens with two attached hydrogens (primary N) is 1. The normalized spacial score (nSPS) is 29.6. The standard InChI is InChI=1S/C12H26N4O/c1-14-2-4-15(5-3-14)6-7-16-8-9-17-11-12(16)10-13/h12H,2-11,13H2,1H3. The number of hydrogen-bond acceptors (Lipinski definition) is 5. The zero-order valence-electron chi connectivity index (χ0n) is 11.0. The molecule has 2 aliphatic rings. The molecule has 17 heavy (non-hydrogen) atoms. The van der Waals surface area contributed by atoms with Crippen LogP contribution in [0.5, 0.6) is 0 Å². The first-order valence-corrected chi connectivity index (χ1v) is 6.72. The van der Waals surface area contributed by atoms with E-state index >= 15 is 0 Å². The summed E-state index contributed by atoms with van der Waals surface area (Å²) in [7, 11) is 2.20. The molecule has 1 atom stereocenters. The minimum Gasteiger partial charge on any atom is -0.378 e. The molecule has 0 saturated carbocycles. The summed E-state index contributed by atoms with van der Waals surface area (Å²) in [4.78, 5) is 7.44. The lowest BCUT2D eigenvalue weighted by molar-refractivity contribution is -0.00904. The Morgan fingerprint density at radius 3 is 2.59 bits per heavy atom. The molecule has 0 bridgehead atoms. The monoisotopic (exact) mass is 242 g/mol. The molecule has 0 aromatic heterocycles. The molecule has 0 aromatic rings.